The van der Waals surface area contributed by atoms with Gasteiger partial charge in [-0.25, -0.2) is 0 Å². The molecule has 1 atom stereocenters. The Morgan fingerprint density at radius 2 is 2.15 bits per heavy atom. The summed E-state index contributed by atoms with van der Waals surface area (Å²) in [5, 5.41) is 4.31. The van der Waals surface area contributed by atoms with Crippen LogP contribution in [0.15, 0.2) is 18.2 Å². The zero-order chi connectivity index (χ0) is 13.7. The van der Waals surface area contributed by atoms with E-state index in [-0.39, 0.29) is 5.91 Å². The van der Waals surface area contributed by atoms with Crippen molar-refractivity contribution in [3.8, 4) is 0 Å². The second-order valence-electron chi connectivity index (χ2n) is 6.44. The molecule has 1 aromatic heterocycles. The molecule has 2 aliphatic carbocycles. The molecule has 20 heavy (non-hydrogen) atoms. The number of aryl methyl sites for hydroxylation is 1. The Balaban J connectivity index is 1.74. The average Bonchev–Trinajstić information content (AvgIpc) is 3.18. The number of H-pyrrole nitrogens is 1. The fourth-order valence-corrected chi connectivity index (χ4v) is 3.23. The van der Waals surface area contributed by atoms with Gasteiger partial charge in [0.1, 0.15) is 0 Å². The summed E-state index contributed by atoms with van der Waals surface area (Å²) in [6.45, 7) is 2.31. The minimum atomic E-state index is 0.0770. The first-order valence-electron chi connectivity index (χ1n) is 7.65. The molecule has 1 heterocycles. The molecule has 0 radical (unpaired) electrons. The van der Waals surface area contributed by atoms with Crippen molar-refractivity contribution in [1.29, 1.82) is 0 Å². The molecule has 1 aromatic carbocycles. The molecule has 0 bridgehead atoms. The Morgan fingerprint density at radius 3 is 2.95 bits per heavy atom. The number of amides is 1. The molecule has 0 spiro atoms. The van der Waals surface area contributed by atoms with Gasteiger partial charge in [0.15, 0.2) is 0 Å². The van der Waals surface area contributed by atoms with Gasteiger partial charge < -0.3 is 10.3 Å². The van der Waals surface area contributed by atoms with E-state index in [1.165, 1.54) is 28.6 Å². The standard InChI is InChI=1S/C17H20N2O/c1-10-2-6-15-13(8-10)14-9-11(3-7-16(14)19-15)17(20)18-12-4-5-12/h3,7,9-10,12,19H,2,4-6,8H2,1H3,(H,18,20). The first-order chi connectivity index (χ1) is 9.70. The highest BCUT2D eigenvalue weighted by Gasteiger charge is 2.25. The lowest BCUT2D eigenvalue weighted by atomic mass is 9.87. The van der Waals surface area contributed by atoms with Gasteiger partial charge in [-0.05, 0) is 61.8 Å². The molecule has 3 nitrogen and oxygen atoms in total. The molecule has 0 aliphatic heterocycles. The monoisotopic (exact) mass is 268 g/mol. The fourth-order valence-electron chi connectivity index (χ4n) is 3.23. The topological polar surface area (TPSA) is 44.9 Å². The number of hydrogen-bond donors (Lipinski definition) is 2. The number of hydrogen-bond acceptors (Lipinski definition) is 1. The molecule has 0 saturated heterocycles. The van der Waals surface area contributed by atoms with E-state index in [1.807, 2.05) is 6.07 Å². The predicted octanol–water partition coefficient (Wildman–Crippen LogP) is 3.18. The van der Waals surface area contributed by atoms with Crippen molar-refractivity contribution in [2.45, 2.75) is 45.1 Å². The summed E-state index contributed by atoms with van der Waals surface area (Å²) < 4.78 is 0. The van der Waals surface area contributed by atoms with Gasteiger partial charge in [0, 0.05) is 28.2 Å². The first kappa shape index (κ1) is 12.0. The van der Waals surface area contributed by atoms with Crippen molar-refractivity contribution < 1.29 is 4.79 Å². The summed E-state index contributed by atoms with van der Waals surface area (Å²) in [5.74, 6) is 0.818. The van der Waals surface area contributed by atoms with Gasteiger partial charge in [0.2, 0.25) is 0 Å². The molecule has 1 unspecified atom stereocenters. The Bertz CT molecular complexity index is 682. The molecular weight excluding hydrogens is 248 g/mol. The maximum atomic E-state index is 12.2. The lowest BCUT2D eigenvalue weighted by molar-refractivity contribution is 0.0951. The third-order valence-electron chi connectivity index (χ3n) is 4.61. The van der Waals surface area contributed by atoms with Crippen molar-refractivity contribution in [2.75, 3.05) is 0 Å². The zero-order valence-corrected chi connectivity index (χ0v) is 11.8. The van der Waals surface area contributed by atoms with E-state index >= 15 is 0 Å². The van der Waals surface area contributed by atoms with Crippen molar-refractivity contribution in [3.05, 3.63) is 35.0 Å². The van der Waals surface area contributed by atoms with E-state index in [0.717, 1.165) is 37.2 Å². The molecule has 1 saturated carbocycles. The van der Waals surface area contributed by atoms with Gasteiger partial charge in [-0.3, -0.25) is 4.79 Å². The maximum absolute atomic E-state index is 12.2. The summed E-state index contributed by atoms with van der Waals surface area (Å²) in [6.07, 6.45) is 5.78. The smallest absolute Gasteiger partial charge is 0.251 e. The number of aromatic nitrogens is 1. The Morgan fingerprint density at radius 1 is 1.30 bits per heavy atom. The molecular formula is C17H20N2O. The summed E-state index contributed by atoms with van der Waals surface area (Å²) in [4.78, 5) is 15.7. The number of fused-ring (bicyclic) bond motifs is 3. The molecule has 4 rings (SSSR count). The fraction of sp³-hybridized carbons (Fsp3) is 0.471. The van der Waals surface area contributed by atoms with E-state index < -0.39 is 0 Å². The molecule has 104 valence electrons. The molecule has 1 amide bonds. The third kappa shape index (κ3) is 2.01. The number of aromatic amines is 1. The van der Waals surface area contributed by atoms with Crippen molar-refractivity contribution >= 4 is 16.8 Å². The van der Waals surface area contributed by atoms with E-state index in [0.29, 0.717) is 6.04 Å². The van der Waals surface area contributed by atoms with Gasteiger partial charge in [0.05, 0.1) is 0 Å². The van der Waals surface area contributed by atoms with Crippen LogP contribution in [0.3, 0.4) is 0 Å². The second-order valence-corrected chi connectivity index (χ2v) is 6.44. The number of nitrogens with one attached hydrogen (secondary N) is 2. The Labute approximate surface area is 118 Å². The molecule has 3 heteroatoms. The molecule has 1 fully saturated rings. The number of rotatable bonds is 2. The summed E-state index contributed by atoms with van der Waals surface area (Å²) in [5.41, 5.74) is 4.77. The largest absolute Gasteiger partial charge is 0.358 e. The van der Waals surface area contributed by atoms with Crippen molar-refractivity contribution in [1.82, 2.24) is 10.3 Å². The van der Waals surface area contributed by atoms with Crippen molar-refractivity contribution in [3.63, 3.8) is 0 Å². The van der Waals surface area contributed by atoms with E-state index in [4.69, 9.17) is 0 Å². The lowest BCUT2D eigenvalue weighted by Crippen LogP contribution is -2.25. The molecule has 2 aliphatic rings. The summed E-state index contributed by atoms with van der Waals surface area (Å²) >= 11 is 0. The number of benzene rings is 1. The van der Waals surface area contributed by atoms with Crippen LogP contribution >= 0.6 is 0 Å². The van der Waals surface area contributed by atoms with Gasteiger partial charge in [-0.1, -0.05) is 6.92 Å². The maximum Gasteiger partial charge on any atom is 0.251 e. The Hall–Kier alpha value is -1.77. The van der Waals surface area contributed by atoms with E-state index in [9.17, 15) is 4.79 Å². The van der Waals surface area contributed by atoms with Crippen LogP contribution in [0.25, 0.3) is 10.9 Å². The van der Waals surface area contributed by atoms with Gasteiger partial charge in [-0.2, -0.15) is 0 Å². The third-order valence-corrected chi connectivity index (χ3v) is 4.61. The normalized spacial score (nSPS) is 21.8. The van der Waals surface area contributed by atoms with Crippen LogP contribution in [0.2, 0.25) is 0 Å². The zero-order valence-electron chi connectivity index (χ0n) is 11.8. The van der Waals surface area contributed by atoms with Crippen LogP contribution in [0, 0.1) is 5.92 Å². The highest BCUT2D eigenvalue weighted by molar-refractivity contribution is 5.99. The average molecular weight is 268 g/mol. The highest BCUT2D eigenvalue weighted by Crippen LogP contribution is 2.32. The van der Waals surface area contributed by atoms with Gasteiger partial charge in [-0.15, -0.1) is 0 Å². The van der Waals surface area contributed by atoms with Gasteiger partial charge in [0.25, 0.3) is 5.91 Å². The van der Waals surface area contributed by atoms with Gasteiger partial charge >= 0.3 is 0 Å². The highest BCUT2D eigenvalue weighted by atomic mass is 16.1. The van der Waals surface area contributed by atoms with E-state index in [1.54, 1.807) is 0 Å². The predicted molar refractivity (Wildman–Crippen MR) is 80.0 cm³/mol. The number of carbonyl (C=O) groups is 1. The molecule has 2 aromatic rings. The number of carbonyl (C=O) groups excluding carboxylic acids is 1. The minimum absolute atomic E-state index is 0.0770. The van der Waals surface area contributed by atoms with Crippen molar-refractivity contribution in [2.24, 2.45) is 5.92 Å². The van der Waals surface area contributed by atoms with Crippen LogP contribution in [-0.2, 0) is 12.8 Å². The first-order valence-corrected chi connectivity index (χ1v) is 7.65. The quantitative estimate of drug-likeness (QED) is 0.863. The van der Waals surface area contributed by atoms with Crippen LogP contribution in [0.1, 0.15) is 47.8 Å². The van der Waals surface area contributed by atoms with E-state index in [2.05, 4.69) is 29.4 Å². The molecule has 2 N–H and O–H groups in total. The summed E-state index contributed by atoms with van der Waals surface area (Å²) in [6, 6.07) is 6.48. The minimum Gasteiger partial charge on any atom is -0.358 e. The van der Waals surface area contributed by atoms with Crippen LogP contribution in [0.4, 0.5) is 0 Å². The summed E-state index contributed by atoms with van der Waals surface area (Å²) in [7, 11) is 0. The Kier molecular flexibility index (Phi) is 2.62. The van der Waals surface area contributed by atoms with Crippen LogP contribution in [-0.4, -0.2) is 16.9 Å². The lowest BCUT2D eigenvalue weighted by Gasteiger charge is -2.18. The van der Waals surface area contributed by atoms with Crippen LogP contribution in [0.5, 0.6) is 0 Å². The van der Waals surface area contributed by atoms with Crippen LogP contribution < -0.4 is 5.32 Å². The second kappa shape index (κ2) is 4.37. The SMILES string of the molecule is CC1CCc2[nH]c3ccc(C(=O)NC4CC4)cc3c2C1.